The first-order valence-corrected chi connectivity index (χ1v) is 7.95. The summed E-state index contributed by atoms with van der Waals surface area (Å²) in [6, 6.07) is 10.2. The van der Waals surface area contributed by atoms with Crippen molar-refractivity contribution >= 4 is 12.2 Å². The molecule has 1 fully saturated rings. The van der Waals surface area contributed by atoms with Gasteiger partial charge in [0.1, 0.15) is 29.9 Å². The standard InChI is InChI=1S/C18H22N2O3/c1-13-10-16(20-23-13)7-6-14-4-2-3-5-18(14)22-12-17(21)11-19-15-8-9-15/h2-7,10,15,17,19,21H,8-9,11-12H2,1H3. The summed E-state index contributed by atoms with van der Waals surface area (Å²) in [5, 5.41) is 17.2. The van der Waals surface area contributed by atoms with Crippen LogP contribution in [0.2, 0.25) is 0 Å². The maximum Gasteiger partial charge on any atom is 0.134 e. The highest BCUT2D eigenvalue weighted by Gasteiger charge is 2.21. The fraction of sp³-hybridized carbons (Fsp3) is 0.389. The first-order valence-electron chi connectivity index (χ1n) is 7.95. The normalized spacial score (nSPS) is 15.9. The Balaban J connectivity index is 1.57. The second-order valence-corrected chi connectivity index (χ2v) is 5.88. The maximum absolute atomic E-state index is 9.96. The van der Waals surface area contributed by atoms with Crippen molar-refractivity contribution in [3.8, 4) is 5.75 Å². The van der Waals surface area contributed by atoms with Crippen LogP contribution >= 0.6 is 0 Å². The zero-order chi connectivity index (χ0) is 16.1. The van der Waals surface area contributed by atoms with Crippen LogP contribution in [0.3, 0.4) is 0 Å². The Bertz CT molecular complexity index is 662. The average Bonchev–Trinajstić information content (AvgIpc) is 3.30. The molecule has 122 valence electrons. The zero-order valence-corrected chi connectivity index (χ0v) is 13.2. The molecule has 1 aromatic heterocycles. The van der Waals surface area contributed by atoms with Gasteiger partial charge in [-0.2, -0.15) is 0 Å². The van der Waals surface area contributed by atoms with E-state index in [-0.39, 0.29) is 6.61 Å². The molecule has 1 aliphatic rings. The van der Waals surface area contributed by atoms with Crippen LogP contribution in [0.15, 0.2) is 34.9 Å². The Morgan fingerprint density at radius 3 is 2.96 bits per heavy atom. The number of nitrogens with zero attached hydrogens (tertiary/aromatic N) is 1. The van der Waals surface area contributed by atoms with Crippen molar-refractivity contribution in [1.29, 1.82) is 0 Å². The third-order valence-corrected chi connectivity index (χ3v) is 3.65. The topological polar surface area (TPSA) is 67.5 Å². The second kappa shape index (κ2) is 7.44. The van der Waals surface area contributed by atoms with Crippen LogP contribution in [0.5, 0.6) is 5.75 Å². The average molecular weight is 314 g/mol. The Kier molecular flexibility index (Phi) is 5.10. The van der Waals surface area contributed by atoms with Crippen molar-refractivity contribution in [3.05, 3.63) is 47.3 Å². The zero-order valence-electron chi connectivity index (χ0n) is 13.2. The van der Waals surface area contributed by atoms with Gasteiger partial charge in [-0.25, -0.2) is 0 Å². The highest BCUT2D eigenvalue weighted by Crippen LogP contribution is 2.21. The van der Waals surface area contributed by atoms with Gasteiger partial charge in [0.05, 0.1) is 0 Å². The number of benzene rings is 1. The van der Waals surface area contributed by atoms with Crippen LogP contribution in [0.1, 0.15) is 29.9 Å². The number of aliphatic hydroxyl groups is 1. The number of hydrogen-bond acceptors (Lipinski definition) is 5. The molecule has 0 saturated heterocycles. The molecule has 1 aliphatic carbocycles. The molecule has 5 heteroatoms. The van der Waals surface area contributed by atoms with Crippen LogP contribution < -0.4 is 10.1 Å². The van der Waals surface area contributed by atoms with E-state index >= 15 is 0 Å². The predicted molar refractivity (Wildman–Crippen MR) is 89.1 cm³/mol. The van der Waals surface area contributed by atoms with Crippen molar-refractivity contribution in [2.75, 3.05) is 13.2 Å². The molecule has 0 radical (unpaired) electrons. The van der Waals surface area contributed by atoms with Crippen molar-refractivity contribution < 1.29 is 14.4 Å². The molecular weight excluding hydrogens is 292 g/mol. The van der Waals surface area contributed by atoms with E-state index < -0.39 is 6.10 Å². The van der Waals surface area contributed by atoms with Crippen LogP contribution in [-0.2, 0) is 0 Å². The number of ether oxygens (including phenoxy) is 1. The Morgan fingerprint density at radius 2 is 2.22 bits per heavy atom. The van der Waals surface area contributed by atoms with Gasteiger partial charge >= 0.3 is 0 Å². The molecule has 1 atom stereocenters. The second-order valence-electron chi connectivity index (χ2n) is 5.88. The van der Waals surface area contributed by atoms with Crippen molar-refractivity contribution in [3.63, 3.8) is 0 Å². The Labute approximate surface area is 136 Å². The maximum atomic E-state index is 9.96. The van der Waals surface area contributed by atoms with Gasteiger partial charge in [0.15, 0.2) is 0 Å². The van der Waals surface area contributed by atoms with Gasteiger partial charge in [-0.1, -0.05) is 23.4 Å². The minimum atomic E-state index is -0.508. The van der Waals surface area contributed by atoms with E-state index in [0.717, 1.165) is 22.8 Å². The molecule has 2 N–H and O–H groups in total. The van der Waals surface area contributed by atoms with Crippen LogP contribution in [0.4, 0.5) is 0 Å². The molecule has 23 heavy (non-hydrogen) atoms. The quantitative estimate of drug-likeness (QED) is 0.784. The first-order chi connectivity index (χ1) is 11.2. The smallest absolute Gasteiger partial charge is 0.134 e. The van der Waals surface area contributed by atoms with Crippen molar-refractivity contribution in [2.45, 2.75) is 31.9 Å². The summed E-state index contributed by atoms with van der Waals surface area (Å²) >= 11 is 0. The summed E-state index contributed by atoms with van der Waals surface area (Å²) in [7, 11) is 0. The van der Waals surface area contributed by atoms with Gasteiger partial charge in [0.2, 0.25) is 0 Å². The highest BCUT2D eigenvalue weighted by atomic mass is 16.5. The van der Waals surface area contributed by atoms with Gasteiger partial charge in [0.25, 0.3) is 0 Å². The van der Waals surface area contributed by atoms with Gasteiger partial charge < -0.3 is 19.7 Å². The lowest BCUT2D eigenvalue weighted by atomic mass is 10.1. The van der Waals surface area contributed by atoms with E-state index in [1.165, 1.54) is 12.8 Å². The molecule has 0 aliphatic heterocycles. The number of hydrogen-bond donors (Lipinski definition) is 2. The summed E-state index contributed by atoms with van der Waals surface area (Å²) in [4.78, 5) is 0. The summed E-state index contributed by atoms with van der Waals surface area (Å²) in [5.41, 5.74) is 1.71. The molecule has 3 rings (SSSR count). The molecular formula is C18H22N2O3. The van der Waals surface area contributed by atoms with Gasteiger partial charge in [-0.15, -0.1) is 0 Å². The summed E-state index contributed by atoms with van der Waals surface area (Å²) < 4.78 is 10.8. The molecule has 2 aromatic rings. The minimum Gasteiger partial charge on any atom is -0.490 e. The predicted octanol–water partition coefficient (Wildman–Crippen LogP) is 2.65. The Morgan fingerprint density at radius 1 is 1.39 bits per heavy atom. The summed E-state index contributed by atoms with van der Waals surface area (Å²) in [5.74, 6) is 1.52. The van der Waals surface area contributed by atoms with E-state index in [4.69, 9.17) is 9.26 Å². The number of aryl methyl sites for hydroxylation is 1. The van der Waals surface area contributed by atoms with E-state index in [1.54, 1.807) is 0 Å². The van der Waals surface area contributed by atoms with Crippen molar-refractivity contribution in [2.24, 2.45) is 0 Å². The molecule has 1 unspecified atom stereocenters. The lowest BCUT2D eigenvalue weighted by Gasteiger charge is -2.14. The highest BCUT2D eigenvalue weighted by molar-refractivity contribution is 5.71. The summed E-state index contributed by atoms with van der Waals surface area (Å²) in [6.07, 6.45) is 5.72. The fourth-order valence-electron chi connectivity index (χ4n) is 2.22. The van der Waals surface area contributed by atoms with Crippen LogP contribution in [0.25, 0.3) is 12.2 Å². The number of nitrogens with one attached hydrogen (secondary N) is 1. The molecule has 1 heterocycles. The first kappa shape index (κ1) is 15.8. The summed E-state index contributed by atoms with van der Waals surface area (Å²) in [6.45, 7) is 2.70. The third-order valence-electron chi connectivity index (χ3n) is 3.65. The van der Waals surface area contributed by atoms with E-state index in [2.05, 4.69) is 10.5 Å². The van der Waals surface area contributed by atoms with E-state index in [9.17, 15) is 5.11 Å². The van der Waals surface area contributed by atoms with Gasteiger partial charge in [0, 0.05) is 24.2 Å². The van der Waals surface area contributed by atoms with E-state index in [1.807, 2.05) is 49.4 Å². The molecule has 1 saturated carbocycles. The lowest BCUT2D eigenvalue weighted by Crippen LogP contribution is -2.32. The third kappa shape index (κ3) is 4.94. The van der Waals surface area contributed by atoms with E-state index in [0.29, 0.717) is 12.6 Å². The van der Waals surface area contributed by atoms with Gasteiger partial charge in [-0.3, -0.25) is 0 Å². The molecule has 1 aromatic carbocycles. The number of rotatable bonds is 8. The minimum absolute atomic E-state index is 0.271. The largest absolute Gasteiger partial charge is 0.490 e. The number of para-hydroxylation sites is 1. The van der Waals surface area contributed by atoms with Gasteiger partial charge in [-0.05, 0) is 38.0 Å². The lowest BCUT2D eigenvalue weighted by molar-refractivity contribution is 0.106. The number of aromatic nitrogens is 1. The van der Waals surface area contributed by atoms with Crippen LogP contribution in [-0.4, -0.2) is 35.6 Å². The fourth-order valence-corrected chi connectivity index (χ4v) is 2.22. The molecule has 5 nitrogen and oxygen atoms in total. The molecule has 0 spiro atoms. The Hall–Kier alpha value is -2.11. The monoisotopic (exact) mass is 314 g/mol. The molecule has 0 amide bonds. The molecule has 0 bridgehead atoms. The van der Waals surface area contributed by atoms with Crippen molar-refractivity contribution in [1.82, 2.24) is 10.5 Å². The number of aliphatic hydroxyl groups excluding tert-OH is 1. The van der Waals surface area contributed by atoms with Crippen LogP contribution in [0, 0.1) is 6.92 Å². The SMILES string of the molecule is Cc1cc(C=Cc2ccccc2OCC(O)CNC2CC2)no1.